The lowest BCUT2D eigenvalue weighted by Gasteiger charge is -2.02. The summed E-state index contributed by atoms with van der Waals surface area (Å²) in [5.41, 5.74) is 0.930. The predicted molar refractivity (Wildman–Crippen MR) is 67.0 cm³/mol. The summed E-state index contributed by atoms with van der Waals surface area (Å²) in [6, 6.07) is 7.50. The molecular weight excluding hydrogens is 230 g/mol. The zero-order valence-electron chi connectivity index (χ0n) is 10.2. The summed E-state index contributed by atoms with van der Waals surface area (Å²) in [4.78, 5) is 19.5. The van der Waals surface area contributed by atoms with Gasteiger partial charge in [-0.2, -0.15) is 5.26 Å². The maximum Gasteiger partial charge on any atom is 0.328 e. The van der Waals surface area contributed by atoms with Crippen LogP contribution < -0.4 is 0 Å². The maximum absolute atomic E-state index is 11.3. The van der Waals surface area contributed by atoms with Gasteiger partial charge < -0.3 is 4.74 Å². The van der Waals surface area contributed by atoms with Crippen molar-refractivity contribution in [1.82, 2.24) is 4.98 Å². The number of esters is 1. The van der Waals surface area contributed by atoms with Crippen LogP contribution in [0.3, 0.4) is 0 Å². The van der Waals surface area contributed by atoms with Gasteiger partial charge in [0.1, 0.15) is 0 Å². The number of aromatic nitrogens is 1. The molecule has 0 unspecified atom stereocenters. The van der Waals surface area contributed by atoms with E-state index in [0.29, 0.717) is 13.0 Å². The Bertz CT molecular complexity index is 437. The number of nitrogens with zero attached hydrogens (tertiary/aromatic N) is 3. The van der Waals surface area contributed by atoms with Gasteiger partial charge in [-0.25, -0.2) is 0 Å². The predicted octanol–water partition coefficient (Wildman–Crippen LogP) is 1.40. The molecule has 1 rings (SSSR count). The zero-order chi connectivity index (χ0) is 13.2. The molecule has 0 N–H and O–H groups in total. The molecule has 0 spiro atoms. The van der Waals surface area contributed by atoms with Crippen LogP contribution in [0.4, 0.5) is 0 Å². The molecule has 0 aliphatic carbocycles. The number of carbonyl (C=O) groups excluding carboxylic acids is 1. The third kappa shape index (κ3) is 4.74. The van der Waals surface area contributed by atoms with E-state index in [1.165, 1.54) is 6.21 Å². The fourth-order valence-electron chi connectivity index (χ4n) is 1.28. The van der Waals surface area contributed by atoms with E-state index in [2.05, 4.69) is 9.98 Å². The summed E-state index contributed by atoms with van der Waals surface area (Å²) in [5.74, 6) is -1.48. The number of hydrogen-bond donors (Lipinski definition) is 0. The molecule has 1 heterocycles. The van der Waals surface area contributed by atoms with Crippen molar-refractivity contribution in [3.05, 3.63) is 30.1 Å². The number of pyridine rings is 1. The molecule has 0 aliphatic rings. The van der Waals surface area contributed by atoms with Crippen LogP contribution in [0.2, 0.25) is 0 Å². The molecule has 0 radical (unpaired) electrons. The van der Waals surface area contributed by atoms with Crippen LogP contribution in [0.1, 0.15) is 12.6 Å². The lowest BCUT2D eigenvalue weighted by molar-refractivity contribution is -0.143. The molecule has 1 aromatic rings. The van der Waals surface area contributed by atoms with E-state index >= 15 is 0 Å². The van der Waals surface area contributed by atoms with Gasteiger partial charge in [0.05, 0.1) is 12.7 Å². The minimum absolute atomic E-state index is 0.263. The molecule has 18 heavy (non-hydrogen) atoms. The molecule has 1 atom stereocenters. The Balaban J connectivity index is 2.40. The molecule has 0 amide bonds. The average molecular weight is 245 g/mol. The van der Waals surface area contributed by atoms with Crippen LogP contribution in [0.25, 0.3) is 0 Å². The molecule has 5 heteroatoms. The fourth-order valence-corrected chi connectivity index (χ4v) is 1.28. The quantitative estimate of drug-likeness (QED) is 0.560. The van der Waals surface area contributed by atoms with Crippen LogP contribution in [0.15, 0.2) is 29.4 Å². The van der Waals surface area contributed by atoms with Gasteiger partial charge >= 0.3 is 5.97 Å². The first-order chi connectivity index (χ1) is 8.77. The van der Waals surface area contributed by atoms with Crippen LogP contribution in [0.5, 0.6) is 0 Å². The lowest BCUT2D eigenvalue weighted by atomic mass is 10.2. The van der Waals surface area contributed by atoms with Crippen molar-refractivity contribution in [1.29, 1.82) is 5.26 Å². The van der Waals surface area contributed by atoms with E-state index in [1.54, 1.807) is 13.1 Å². The number of carbonyl (C=O) groups is 1. The van der Waals surface area contributed by atoms with Crippen molar-refractivity contribution >= 4 is 12.2 Å². The molecule has 0 saturated carbocycles. The number of ether oxygens (including phenoxy) is 1. The van der Waals surface area contributed by atoms with Crippen molar-refractivity contribution in [3.63, 3.8) is 0 Å². The Hall–Kier alpha value is -2.22. The van der Waals surface area contributed by atoms with E-state index < -0.39 is 11.9 Å². The molecule has 94 valence electrons. The molecule has 5 nitrogen and oxygen atoms in total. The van der Waals surface area contributed by atoms with Crippen LogP contribution in [0, 0.1) is 17.2 Å². The van der Waals surface area contributed by atoms with Crippen molar-refractivity contribution < 1.29 is 9.53 Å². The van der Waals surface area contributed by atoms with Gasteiger partial charge in [-0.3, -0.25) is 14.8 Å². The highest BCUT2D eigenvalue weighted by Crippen LogP contribution is 1.97. The van der Waals surface area contributed by atoms with Crippen molar-refractivity contribution in [2.45, 2.75) is 13.3 Å². The highest BCUT2D eigenvalue weighted by molar-refractivity contribution is 5.92. The van der Waals surface area contributed by atoms with Crippen LogP contribution >= 0.6 is 0 Å². The van der Waals surface area contributed by atoms with Crippen molar-refractivity contribution in [2.75, 3.05) is 13.2 Å². The first-order valence-corrected chi connectivity index (χ1v) is 5.74. The Morgan fingerprint density at radius 3 is 3.11 bits per heavy atom. The van der Waals surface area contributed by atoms with Gasteiger partial charge in [0, 0.05) is 31.1 Å². The minimum Gasteiger partial charge on any atom is -0.465 e. The number of aliphatic imine (C=N–C) groups is 1. The molecule has 1 aromatic heterocycles. The van der Waals surface area contributed by atoms with Crippen LogP contribution in [-0.4, -0.2) is 30.3 Å². The number of hydrogen-bond acceptors (Lipinski definition) is 5. The third-order valence-corrected chi connectivity index (χ3v) is 2.16. The summed E-state index contributed by atoms with van der Waals surface area (Å²) in [7, 11) is 0. The Morgan fingerprint density at radius 2 is 2.50 bits per heavy atom. The van der Waals surface area contributed by atoms with E-state index in [0.717, 1.165) is 5.69 Å². The Kier molecular flexibility index (Phi) is 6.12. The maximum atomic E-state index is 11.3. The standard InChI is InChI=1S/C13H15N3O2/c1-2-18-13(17)11(9-14)10-15-8-6-12-5-3-4-7-16-12/h3-5,7,10-11H,2,6,8H2,1H3/t11-/m0/s1. The summed E-state index contributed by atoms with van der Waals surface area (Å²) >= 11 is 0. The number of rotatable bonds is 6. The fraction of sp³-hybridized carbons (Fsp3) is 0.385. The normalized spacial score (nSPS) is 12.0. The molecule has 0 aromatic carbocycles. The van der Waals surface area contributed by atoms with E-state index in [4.69, 9.17) is 10.00 Å². The van der Waals surface area contributed by atoms with Crippen molar-refractivity contribution in [2.24, 2.45) is 10.9 Å². The van der Waals surface area contributed by atoms with Crippen molar-refractivity contribution in [3.8, 4) is 6.07 Å². The molecule has 0 aliphatic heterocycles. The smallest absolute Gasteiger partial charge is 0.328 e. The SMILES string of the molecule is CCOC(=O)[C@@H](C#N)C=NCCc1ccccn1. The third-order valence-electron chi connectivity index (χ3n) is 2.16. The van der Waals surface area contributed by atoms with Gasteiger partial charge in [-0.05, 0) is 19.1 Å². The highest BCUT2D eigenvalue weighted by atomic mass is 16.5. The highest BCUT2D eigenvalue weighted by Gasteiger charge is 2.15. The second-order valence-corrected chi connectivity index (χ2v) is 3.49. The van der Waals surface area contributed by atoms with E-state index in [-0.39, 0.29) is 6.61 Å². The number of nitriles is 1. The second-order valence-electron chi connectivity index (χ2n) is 3.49. The summed E-state index contributed by atoms with van der Waals surface area (Å²) in [6.07, 6.45) is 3.73. The molecule has 0 fully saturated rings. The summed E-state index contributed by atoms with van der Waals surface area (Å²) < 4.78 is 4.75. The second kappa shape index (κ2) is 7.96. The first kappa shape index (κ1) is 13.8. The Labute approximate surface area is 106 Å². The van der Waals surface area contributed by atoms with Gasteiger partial charge in [0.2, 0.25) is 0 Å². The summed E-state index contributed by atoms with van der Waals surface area (Å²) in [5, 5.41) is 8.79. The van der Waals surface area contributed by atoms with Crippen LogP contribution in [-0.2, 0) is 16.0 Å². The topological polar surface area (TPSA) is 75.3 Å². The first-order valence-electron chi connectivity index (χ1n) is 5.74. The monoisotopic (exact) mass is 245 g/mol. The van der Waals surface area contributed by atoms with Gasteiger partial charge in [-0.1, -0.05) is 6.07 Å². The minimum atomic E-state index is -0.923. The largest absolute Gasteiger partial charge is 0.465 e. The Morgan fingerprint density at radius 1 is 1.67 bits per heavy atom. The zero-order valence-corrected chi connectivity index (χ0v) is 10.2. The molecule has 0 saturated heterocycles. The summed E-state index contributed by atoms with van der Waals surface area (Å²) in [6.45, 7) is 2.46. The average Bonchev–Trinajstić information content (AvgIpc) is 2.40. The van der Waals surface area contributed by atoms with E-state index in [9.17, 15) is 4.79 Å². The van der Waals surface area contributed by atoms with Gasteiger partial charge in [0.25, 0.3) is 0 Å². The molecule has 0 bridgehead atoms. The van der Waals surface area contributed by atoms with E-state index in [1.807, 2.05) is 24.3 Å². The van der Waals surface area contributed by atoms with Gasteiger partial charge in [-0.15, -0.1) is 0 Å². The van der Waals surface area contributed by atoms with Gasteiger partial charge in [0.15, 0.2) is 5.92 Å². The molecular formula is C13H15N3O2. The lowest BCUT2D eigenvalue weighted by Crippen LogP contribution is -2.17.